The van der Waals surface area contributed by atoms with Crippen LogP contribution in [0.4, 0.5) is 0 Å². The van der Waals surface area contributed by atoms with Crippen molar-refractivity contribution in [3.63, 3.8) is 0 Å². The van der Waals surface area contributed by atoms with Crippen LogP contribution in [0.1, 0.15) is 51.4 Å². The minimum Gasteiger partial charge on any atom is -0.481 e. The Kier molecular flexibility index (Phi) is 5.25. The Morgan fingerprint density at radius 1 is 1.12 bits per heavy atom. The fourth-order valence-electron chi connectivity index (χ4n) is 2.17. The molecule has 16 heavy (non-hydrogen) atoms. The largest absolute Gasteiger partial charge is 0.481 e. The molecule has 1 saturated carbocycles. The molecule has 1 rings (SSSR count). The normalized spacial score (nSPS) is 18.5. The highest BCUT2D eigenvalue weighted by Gasteiger charge is 2.26. The van der Waals surface area contributed by atoms with Gasteiger partial charge in [-0.3, -0.25) is 4.79 Å². The van der Waals surface area contributed by atoms with E-state index < -0.39 is 15.8 Å². The third kappa shape index (κ3) is 4.51. The number of carboxylic acid groups (broad SMARTS) is 1. The summed E-state index contributed by atoms with van der Waals surface area (Å²) in [6.45, 7) is 0. The van der Waals surface area contributed by atoms with Gasteiger partial charge in [0, 0.05) is 6.42 Å². The molecule has 1 N–H and O–H groups in total. The number of rotatable bonds is 6. The number of carbonyl (C=O) groups is 1. The second kappa shape index (κ2) is 6.23. The summed E-state index contributed by atoms with van der Waals surface area (Å²) in [5.41, 5.74) is 0. The van der Waals surface area contributed by atoms with Crippen LogP contribution in [0.15, 0.2) is 0 Å². The number of unbranched alkanes of at least 4 members (excludes halogenated alkanes) is 1. The first kappa shape index (κ1) is 13.5. The Balaban J connectivity index is 2.30. The molecule has 0 aromatic carbocycles. The van der Waals surface area contributed by atoms with E-state index in [9.17, 15) is 13.2 Å². The highest BCUT2D eigenvalue weighted by Crippen LogP contribution is 2.24. The van der Waals surface area contributed by atoms with Crippen LogP contribution >= 0.6 is 0 Å². The Morgan fingerprint density at radius 3 is 2.31 bits per heavy atom. The van der Waals surface area contributed by atoms with Gasteiger partial charge >= 0.3 is 5.97 Å². The molecule has 94 valence electrons. The van der Waals surface area contributed by atoms with E-state index in [2.05, 4.69) is 0 Å². The minimum atomic E-state index is -2.97. The van der Waals surface area contributed by atoms with E-state index >= 15 is 0 Å². The summed E-state index contributed by atoms with van der Waals surface area (Å²) in [5.74, 6) is -0.694. The fraction of sp³-hybridized carbons (Fsp3) is 0.909. The highest BCUT2D eigenvalue weighted by atomic mass is 32.2. The Hall–Kier alpha value is -0.580. The molecule has 0 heterocycles. The lowest BCUT2D eigenvalue weighted by Gasteiger charge is -2.21. The topological polar surface area (TPSA) is 71.4 Å². The van der Waals surface area contributed by atoms with Gasteiger partial charge in [-0.05, 0) is 25.7 Å². The third-order valence-corrected chi connectivity index (χ3v) is 5.47. The maximum absolute atomic E-state index is 11.9. The Labute approximate surface area is 97.0 Å². The molecular weight excluding hydrogens is 228 g/mol. The molecule has 4 nitrogen and oxygen atoms in total. The number of sulfone groups is 1. The van der Waals surface area contributed by atoms with Crippen molar-refractivity contribution in [2.75, 3.05) is 5.75 Å². The predicted molar refractivity (Wildman–Crippen MR) is 62.1 cm³/mol. The fourth-order valence-corrected chi connectivity index (χ4v) is 4.16. The molecule has 0 radical (unpaired) electrons. The van der Waals surface area contributed by atoms with Crippen LogP contribution in [0.3, 0.4) is 0 Å². The lowest BCUT2D eigenvalue weighted by atomic mass is 10.0. The molecule has 0 amide bonds. The summed E-state index contributed by atoms with van der Waals surface area (Å²) in [7, 11) is -2.97. The van der Waals surface area contributed by atoms with Crippen molar-refractivity contribution in [1.29, 1.82) is 0 Å². The van der Waals surface area contributed by atoms with E-state index in [4.69, 9.17) is 5.11 Å². The van der Waals surface area contributed by atoms with Gasteiger partial charge in [-0.2, -0.15) is 0 Å². The second-order valence-electron chi connectivity index (χ2n) is 4.48. The van der Waals surface area contributed by atoms with Gasteiger partial charge in [0.2, 0.25) is 0 Å². The summed E-state index contributed by atoms with van der Waals surface area (Å²) < 4.78 is 23.8. The van der Waals surface area contributed by atoms with Crippen molar-refractivity contribution < 1.29 is 18.3 Å². The van der Waals surface area contributed by atoms with Crippen molar-refractivity contribution in [2.24, 2.45) is 0 Å². The number of carboxylic acids is 1. The molecule has 1 aliphatic rings. The molecule has 1 fully saturated rings. The summed E-state index contributed by atoms with van der Waals surface area (Å²) in [4.78, 5) is 10.3. The summed E-state index contributed by atoms with van der Waals surface area (Å²) >= 11 is 0. The Bertz CT molecular complexity index is 315. The third-order valence-electron chi connectivity index (χ3n) is 3.13. The lowest BCUT2D eigenvalue weighted by Crippen LogP contribution is -2.26. The average molecular weight is 248 g/mol. The molecule has 0 aromatic rings. The zero-order chi connectivity index (χ0) is 12.0. The molecule has 0 saturated heterocycles. The zero-order valence-corrected chi connectivity index (χ0v) is 10.3. The standard InChI is InChI=1S/C11H20O4S/c12-11(13)8-4-5-9-16(14,15)10-6-2-1-3-7-10/h10H,1-9H2,(H,12,13). The van der Waals surface area contributed by atoms with Gasteiger partial charge < -0.3 is 5.11 Å². The zero-order valence-electron chi connectivity index (χ0n) is 9.52. The van der Waals surface area contributed by atoms with Crippen molar-refractivity contribution in [3.05, 3.63) is 0 Å². The second-order valence-corrected chi connectivity index (χ2v) is 6.88. The van der Waals surface area contributed by atoms with Crippen molar-refractivity contribution in [3.8, 4) is 0 Å². The van der Waals surface area contributed by atoms with Gasteiger partial charge in [-0.25, -0.2) is 8.42 Å². The number of hydrogen-bond acceptors (Lipinski definition) is 3. The molecule has 0 aliphatic heterocycles. The van der Waals surface area contributed by atoms with Crippen LogP contribution in [0, 0.1) is 0 Å². The monoisotopic (exact) mass is 248 g/mol. The molecular formula is C11H20O4S. The van der Waals surface area contributed by atoms with Crippen LogP contribution < -0.4 is 0 Å². The molecule has 0 bridgehead atoms. The van der Waals surface area contributed by atoms with Gasteiger partial charge in [0.1, 0.15) is 0 Å². The lowest BCUT2D eigenvalue weighted by molar-refractivity contribution is -0.137. The predicted octanol–water partition coefficient (Wildman–Crippen LogP) is 1.99. The highest BCUT2D eigenvalue weighted by molar-refractivity contribution is 7.92. The van der Waals surface area contributed by atoms with E-state index in [1.165, 1.54) is 0 Å². The van der Waals surface area contributed by atoms with E-state index in [0.29, 0.717) is 12.8 Å². The van der Waals surface area contributed by atoms with Crippen LogP contribution in [-0.4, -0.2) is 30.5 Å². The molecule has 1 aliphatic carbocycles. The van der Waals surface area contributed by atoms with Crippen molar-refractivity contribution >= 4 is 15.8 Å². The quantitative estimate of drug-likeness (QED) is 0.730. The number of aliphatic carboxylic acids is 1. The van der Waals surface area contributed by atoms with E-state index in [1.54, 1.807) is 0 Å². The first-order chi connectivity index (χ1) is 7.52. The van der Waals surface area contributed by atoms with Gasteiger partial charge in [0.25, 0.3) is 0 Å². The van der Waals surface area contributed by atoms with E-state index in [1.807, 2.05) is 0 Å². The maximum Gasteiger partial charge on any atom is 0.303 e. The molecule has 5 heteroatoms. The summed E-state index contributed by atoms with van der Waals surface area (Å²) in [6.07, 6.45) is 5.76. The van der Waals surface area contributed by atoms with E-state index in [-0.39, 0.29) is 17.4 Å². The van der Waals surface area contributed by atoms with Crippen molar-refractivity contribution in [2.45, 2.75) is 56.6 Å². The maximum atomic E-state index is 11.9. The molecule has 0 aromatic heterocycles. The van der Waals surface area contributed by atoms with Gasteiger partial charge in [0.15, 0.2) is 9.84 Å². The number of hydrogen-bond donors (Lipinski definition) is 1. The van der Waals surface area contributed by atoms with Gasteiger partial charge in [0.05, 0.1) is 11.0 Å². The van der Waals surface area contributed by atoms with Crippen molar-refractivity contribution in [1.82, 2.24) is 0 Å². The Morgan fingerprint density at radius 2 is 1.75 bits per heavy atom. The first-order valence-corrected chi connectivity index (χ1v) is 7.67. The smallest absolute Gasteiger partial charge is 0.303 e. The average Bonchev–Trinajstić information content (AvgIpc) is 2.26. The van der Waals surface area contributed by atoms with Crippen LogP contribution in [0.25, 0.3) is 0 Å². The summed E-state index contributed by atoms with van der Waals surface area (Å²) in [6, 6.07) is 0. The van der Waals surface area contributed by atoms with Gasteiger partial charge in [-0.1, -0.05) is 19.3 Å². The minimum absolute atomic E-state index is 0.0696. The van der Waals surface area contributed by atoms with Crippen LogP contribution in [0.5, 0.6) is 0 Å². The first-order valence-electron chi connectivity index (χ1n) is 5.96. The van der Waals surface area contributed by atoms with Gasteiger partial charge in [-0.15, -0.1) is 0 Å². The van der Waals surface area contributed by atoms with Crippen LogP contribution in [0.2, 0.25) is 0 Å². The van der Waals surface area contributed by atoms with Crippen LogP contribution in [-0.2, 0) is 14.6 Å². The van der Waals surface area contributed by atoms with E-state index in [0.717, 1.165) is 32.1 Å². The molecule has 0 spiro atoms. The molecule has 0 unspecified atom stereocenters. The summed E-state index contributed by atoms with van der Waals surface area (Å²) in [5, 5.41) is 8.28. The SMILES string of the molecule is O=C(O)CCCCS(=O)(=O)C1CCCCC1. The molecule has 0 atom stereocenters.